The highest BCUT2D eigenvalue weighted by Crippen LogP contribution is 2.25. The Balaban J connectivity index is 2.19. The van der Waals surface area contributed by atoms with Gasteiger partial charge in [0.15, 0.2) is 0 Å². The van der Waals surface area contributed by atoms with Gasteiger partial charge in [-0.3, -0.25) is 4.79 Å². The number of nitrogens with two attached hydrogens (primary N) is 1. The normalized spacial score (nSPS) is 10.3. The zero-order valence-electron chi connectivity index (χ0n) is 10.3. The second kappa shape index (κ2) is 6.11. The summed E-state index contributed by atoms with van der Waals surface area (Å²) in [6, 6.07) is 9.23. The van der Waals surface area contributed by atoms with E-state index in [4.69, 9.17) is 28.9 Å². The second-order valence-electron chi connectivity index (χ2n) is 4.11. The van der Waals surface area contributed by atoms with Crippen molar-refractivity contribution in [1.82, 2.24) is 0 Å². The summed E-state index contributed by atoms with van der Waals surface area (Å²) in [4.78, 5) is 11.1. The Kier molecular flexibility index (Phi) is 4.47. The zero-order valence-corrected chi connectivity index (χ0v) is 11.8. The Bertz CT molecular complexity index is 641. The summed E-state index contributed by atoms with van der Waals surface area (Å²) >= 11 is 12.1. The fourth-order valence-electron chi connectivity index (χ4n) is 1.72. The molecule has 2 aromatic rings. The van der Waals surface area contributed by atoms with Crippen molar-refractivity contribution >= 4 is 34.8 Å². The number of benzene rings is 2. The molecule has 0 aliphatic rings. The Morgan fingerprint density at radius 1 is 1.20 bits per heavy atom. The van der Waals surface area contributed by atoms with Crippen LogP contribution in [0, 0.1) is 5.82 Å². The molecule has 0 heterocycles. The van der Waals surface area contributed by atoms with Crippen LogP contribution in [-0.4, -0.2) is 5.91 Å². The second-order valence-corrected chi connectivity index (χ2v) is 4.93. The lowest BCUT2D eigenvalue weighted by atomic mass is 10.1. The molecule has 0 saturated heterocycles. The molecule has 104 valence electrons. The average Bonchev–Trinajstić information content (AvgIpc) is 2.39. The first-order valence-electron chi connectivity index (χ1n) is 5.75. The van der Waals surface area contributed by atoms with Crippen molar-refractivity contribution in [2.75, 3.05) is 5.32 Å². The van der Waals surface area contributed by atoms with Crippen LogP contribution in [0.2, 0.25) is 10.0 Å². The molecule has 0 aromatic heterocycles. The summed E-state index contributed by atoms with van der Waals surface area (Å²) in [5.41, 5.74) is 6.20. The quantitative estimate of drug-likeness (QED) is 0.901. The van der Waals surface area contributed by atoms with E-state index in [1.807, 2.05) is 0 Å². The van der Waals surface area contributed by atoms with Gasteiger partial charge in [-0.2, -0.15) is 0 Å². The highest BCUT2D eigenvalue weighted by atomic mass is 35.5. The van der Waals surface area contributed by atoms with Gasteiger partial charge in [-0.25, -0.2) is 4.39 Å². The van der Waals surface area contributed by atoms with Crippen LogP contribution in [0.25, 0.3) is 0 Å². The van der Waals surface area contributed by atoms with E-state index < -0.39 is 11.7 Å². The first-order chi connectivity index (χ1) is 9.49. The van der Waals surface area contributed by atoms with E-state index in [0.29, 0.717) is 22.3 Å². The van der Waals surface area contributed by atoms with E-state index in [-0.39, 0.29) is 5.56 Å². The number of rotatable bonds is 4. The molecular weight excluding hydrogens is 302 g/mol. The monoisotopic (exact) mass is 312 g/mol. The number of amides is 1. The number of carbonyl (C=O) groups excluding carboxylic acids is 1. The summed E-state index contributed by atoms with van der Waals surface area (Å²) < 4.78 is 13.3. The molecule has 3 nitrogen and oxygen atoms in total. The fraction of sp³-hybridized carbons (Fsp3) is 0.0714. The van der Waals surface area contributed by atoms with Crippen LogP contribution in [0.15, 0.2) is 36.4 Å². The van der Waals surface area contributed by atoms with Crippen molar-refractivity contribution < 1.29 is 9.18 Å². The summed E-state index contributed by atoms with van der Waals surface area (Å²) in [6.07, 6.45) is 0. The SMILES string of the molecule is NC(=O)c1cc(NCc2c(Cl)cccc2Cl)ccc1F. The fourth-order valence-corrected chi connectivity index (χ4v) is 2.25. The van der Waals surface area contributed by atoms with Crippen LogP contribution < -0.4 is 11.1 Å². The Morgan fingerprint density at radius 3 is 2.45 bits per heavy atom. The maximum Gasteiger partial charge on any atom is 0.251 e. The van der Waals surface area contributed by atoms with Crippen molar-refractivity contribution in [1.29, 1.82) is 0 Å². The van der Waals surface area contributed by atoms with E-state index in [1.165, 1.54) is 18.2 Å². The highest BCUT2D eigenvalue weighted by molar-refractivity contribution is 6.36. The van der Waals surface area contributed by atoms with Gasteiger partial charge in [0.1, 0.15) is 5.82 Å². The molecule has 0 atom stereocenters. The van der Waals surface area contributed by atoms with Gasteiger partial charge >= 0.3 is 0 Å². The third-order valence-corrected chi connectivity index (χ3v) is 3.47. The van der Waals surface area contributed by atoms with Crippen molar-refractivity contribution in [2.45, 2.75) is 6.54 Å². The molecule has 0 saturated carbocycles. The maximum atomic E-state index is 13.3. The molecule has 0 radical (unpaired) electrons. The van der Waals surface area contributed by atoms with Gasteiger partial charge in [0, 0.05) is 27.8 Å². The van der Waals surface area contributed by atoms with Gasteiger partial charge in [0.25, 0.3) is 5.91 Å². The first kappa shape index (κ1) is 14.6. The third kappa shape index (κ3) is 3.21. The Morgan fingerprint density at radius 2 is 1.85 bits per heavy atom. The number of carbonyl (C=O) groups is 1. The first-order valence-corrected chi connectivity index (χ1v) is 6.50. The van der Waals surface area contributed by atoms with Gasteiger partial charge in [-0.05, 0) is 30.3 Å². The largest absolute Gasteiger partial charge is 0.381 e. The molecule has 0 aliphatic heterocycles. The summed E-state index contributed by atoms with van der Waals surface area (Å²) in [6.45, 7) is 0.350. The smallest absolute Gasteiger partial charge is 0.251 e. The molecule has 0 bridgehead atoms. The van der Waals surface area contributed by atoms with Crippen LogP contribution in [-0.2, 0) is 6.54 Å². The van der Waals surface area contributed by atoms with Crippen molar-refractivity contribution in [3.63, 3.8) is 0 Å². The minimum atomic E-state index is -0.818. The number of halogens is 3. The van der Waals surface area contributed by atoms with Crippen LogP contribution >= 0.6 is 23.2 Å². The van der Waals surface area contributed by atoms with E-state index in [1.54, 1.807) is 18.2 Å². The Labute approximate surface area is 125 Å². The molecule has 0 unspecified atom stereocenters. The molecule has 20 heavy (non-hydrogen) atoms. The van der Waals surface area contributed by atoms with Crippen molar-refractivity contribution in [3.05, 3.63) is 63.4 Å². The van der Waals surface area contributed by atoms with E-state index in [0.717, 1.165) is 5.56 Å². The predicted molar refractivity (Wildman–Crippen MR) is 78.7 cm³/mol. The van der Waals surface area contributed by atoms with Crippen LogP contribution in [0.4, 0.5) is 10.1 Å². The number of nitrogens with one attached hydrogen (secondary N) is 1. The molecule has 1 amide bonds. The zero-order chi connectivity index (χ0) is 14.7. The summed E-state index contributed by atoms with van der Waals surface area (Å²) in [7, 11) is 0. The van der Waals surface area contributed by atoms with E-state index in [9.17, 15) is 9.18 Å². The van der Waals surface area contributed by atoms with Crippen LogP contribution in [0.1, 0.15) is 15.9 Å². The maximum absolute atomic E-state index is 13.3. The van der Waals surface area contributed by atoms with Gasteiger partial charge in [0.2, 0.25) is 0 Å². The number of anilines is 1. The Hall–Kier alpha value is -1.78. The van der Waals surface area contributed by atoms with Crippen molar-refractivity contribution in [3.8, 4) is 0 Å². The topological polar surface area (TPSA) is 55.1 Å². The number of hydrogen-bond donors (Lipinski definition) is 2. The van der Waals surface area contributed by atoms with Crippen LogP contribution in [0.3, 0.4) is 0 Å². The van der Waals surface area contributed by atoms with Crippen LogP contribution in [0.5, 0.6) is 0 Å². The molecule has 6 heteroatoms. The molecule has 0 spiro atoms. The molecule has 3 N–H and O–H groups in total. The van der Waals surface area contributed by atoms with Crippen molar-refractivity contribution in [2.24, 2.45) is 5.73 Å². The average molecular weight is 313 g/mol. The van der Waals surface area contributed by atoms with Gasteiger partial charge in [-0.1, -0.05) is 29.3 Å². The lowest BCUT2D eigenvalue weighted by Gasteiger charge is -2.10. The van der Waals surface area contributed by atoms with Gasteiger partial charge in [0.05, 0.1) is 5.56 Å². The minimum absolute atomic E-state index is 0.166. The highest BCUT2D eigenvalue weighted by Gasteiger charge is 2.10. The molecular formula is C14H11Cl2FN2O. The molecule has 2 rings (SSSR count). The van der Waals surface area contributed by atoms with Gasteiger partial charge in [-0.15, -0.1) is 0 Å². The third-order valence-electron chi connectivity index (χ3n) is 2.76. The number of primary amides is 1. The van der Waals surface area contributed by atoms with E-state index in [2.05, 4.69) is 5.32 Å². The number of hydrogen-bond acceptors (Lipinski definition) is 2. The summed E-state index contributed by atoms with van der Waals surface area (Å²) in [5.74, 6) is -1.47. The molecule has 2 aromatic carbocycles. The molecule has 0 fully saturated rings. The van der Waals surface area contributed by atoms with E-state index >= 15 is 0 Å². The molecule has 0 aliphatic carbocycles. The lowest BCUT2D eigenvalue weighted by Crippen LogP contribution is -2.13. The predicted octanol–water partition coefficient (Wildman–Crippen LogP) is 3.84. The van der Waals surface area contributed by atoms with Gasteiger partial charge < -0.3 is 11.1 Å². The minimum Gasteiger partial charge on any atom is -0.381 e. The standard InChI is InChI=1S/C14H11Cl2FN2O/c15-11-2-1-3-12(16)10(11)7-19-8-4-5-13(17)9(6-8)14(18)20/h1-6,19H,7H2,(H2,18,20). The summed E-state index contributed by atoms with van der Waals surface area (Å²) in [5, 5.41) is 4.08. The lowest BCUT2D eigenvalue weighted by molar-refractivity contribution is 0.0996.